The molecule has 0 saturated carbocycles. The molecule has 1 aliphatic rings. The maximum absolute atomic E-state index is 12.3. The van der Waals surface area contributed by atoms with Gasteiger partial charge < -0.3 is 10.1 Å². The fourth-order valence-corrected chi connectivity index (χ4v) is 3.89. The SMILES string of the molecule is Cc1ccc2cc3cc(C(=O)NC[C@@H]4CCCO4)sc3nc2c1. The summed E-state index contributed by atoms with van der Waals surface area (Å²) in [6, 6.07) is 10.3. The quantitative estimate of drug-likeness (QED) is 0.799. The van der Waals surface area contributed by atoms with Crippen LogP contribution in [0.5, 0.6) is 0 Å². The van der Waals surface area contributed by atoms with Gasteiger partial charge in [0.05, 0.1) is 16.5 Å². The Hall–Kier alpha value is -1.98. The first-order valence-electron chi connectivity index (χ1n) is 7.90. The number of hydrogen-bond acceptors (Lipinski definition) is 4. The van der Waals surface area contributed by atoms with Gasteiger partial charge in [-0.3, -0.25) is 4.79 Å². The van der Waals surface area contributed by atoms with Crippen LogP contribution >= 0.6 is 11.3 Å². The first-order chi connectivity index (χ1) is 11.2. The lowest BCUT2D eigenvalue weighted by Crippen LogP contribution is -2.31. The number of carbonyl (C=O) groups excluding carboxylic acids is 1. The van der Waals surface area contributed by atoms with Crippen molar-refractivity contribution in [2.24, 2.45) is 0 Å². The minimum absolute atomic E-state index is 0.0382. The highest BCUT2D eigenvalue weighted by Gasteiger charge is 2.18. The molecule has 0 aliphatic carbocycles. The van der Waals surface area contributed by atoms with Gasteiger partial charge in [-0.25, -0.2) is 4.98 Å². The van der Waals surface area contributed by atoms with E-state index < -0.39 is 0 Å². The summed E-state index contributed by atoms with van der Waals surface area (Å²) in [5.74, 6) is -0.0382. The van der Waals surface area contributed by atoms with E-state index in [0.717, 1.165) is 40.6 Å². The van der Waals surface area contributed by atoms with Gasteiger partial charge in [0.15, 0.2) is 0 Å². The fourth-order valence-electron chi connectivity index (χ4n) is 2.95. The monoisotopic (exact) mass is 326 g/mol. The highest BCUT2D eigenvalue weighted by Crippen LogP contribution is 2.28. The third-order valence-electron chi connectivity index (χ3n) is 4.20. The van der Waals surface area contributed by atoms with Gasteiger partial charge in [0.25, 0.3) is 5.91 Å². The molecule has 1 aromatic carbocycles. The topological polar surface area (TPSA) is 51.2 Å². The summed E-state index contributed by atoms with van der Waals surface area (Å²) in [4.78, 5) is 18.6. The number of nitrogens with zero attached hydrogens (tertiary/aromatic N) is 1. The van der Waals surface area contributed by atoms with Crippen LogP contribution in [0.25, 0.3) is 21.1 Å². The molecule has 2 aromatic heterocycles. The Labute approximate surface area is 138 Å². The van der Waals surface area contributed by atoms with Gasteiger partial charge in [-0.2, -0.15) is 0 Å². The number of hydrogen-bond donors (Lipinski definition) is 1. The lowest BCUT2D eigenvalue weighted by molar-refractivity contribution is 0.0861. The molecule has 0 radical (unpaired) electrons. The first-order valence-corrected chi connectivity index (χ1v) is 8.71. The molecule has 23 heavy (non-hydrogen) atoms. The van der Waals surface area contributed by atoms with Crippen LogP contribution in [0, 0.1) is 6.92 Å². The van der Waals surface area contributed by atoms with Crippen LogP contribution in [-0.2, 0) is 4.74 Å². The number of thiophene rings is 1. The van der Waals surface area contributed by atoms with Crippen LogP contribution in [0.15, 0.2) is 30.3 Å². The zero-order chi connectivity index (χ0) is 15.8. The Morgan fingerprint density at radius 3 is 3.09 bits per heavy atom. The van der Waals surface area contributed by atoms with Crippen LogP contribution in [0.4, 0.5) is 0 Å². The van der Waals surface area contributed by atoms with E-state index in [4.69, 9.17) is 9.72 Å². The van der Waals surface area contributed by atoms with Gasteiger partial charge in [0, 0.05) is 23.9 Å². The van der Waals surface area contributed by atoms with Crippen molar-refractivity contribution in [3.63, 3.8) is 0 Å². The average Bonchev–Trinajstić information content (AvgIpc) is 3.19. The highest BCUT2D eigenvalue weighted by atomic mass is 32.1. The summed E-state index contributed by atoms with van der Waals surface area (Å²) in [6.45, 7) is 3.45. The number of benzene rings is 1. The Morgan fingerprint density at radius 2 is 2.26 bits per heavy atom. The standard InChI is InChI=1S/C18H18N2O2S/c1-11-4-5-12-8-13-9-16(23-18(13)20-15(12)7-11)17(21)19-10-14-3-2-6-22-14/h4-5,7-9,14H,2-3,6,10H2,1H3,(H,19,21)/t14-/m0/s1. The van der Waals surface area contributed by atoms with Gasteiger partial charge >= 0.3 is 0 Å². The predicted molar refractivity (Wildman–Crippen MR) is 93.2 cm³/mol. The smallest absolute Gasteiger partial charge is 0.261 e. The summed E-state index contributed by atoms with van der Waals surface area (Å²) in [7, 11) is 0. The van der Waals surface area contributed by atoms with E-state index in [1.165, 1.54) is 16.9 Å². The third kappa shape index (κ3) is 2.94. The molecule has 5 heteroatoms. The van der Waals surface area contributed by atoms with Crippen molar-refractivity contribution in [1.29, 1.82) is 0 Å². The van der Waals surface area contributed by atoms with Gasteiger partial charge in [-0.1, -0.05) is 12.1 Å². The van der Waals surface area contributed by atoms with Crippen molar-refractivity contribution < 1.29 is 9.53 Å². The number of aromatic nitrogens is 1. The average molecular weight is 326 g/mol. The van der Waals surface area contributed by atoms with E-state index in [1.807, 2.05) is 6.07 Å². The second-order valence-electron chi connectivity index (χ2n) is 6.03. The van der Waals surface area contributed by atoms with E-state index in [2.05, 4.69) is 36.5 Å². The van der Waals surface area contributed by atoms with E-state index in [9.17, 15) is 4.79 Å². The number of amides is 1. The summed E-state index contributed by atoms with van der Waals surface area (Å²) >= 11 is 1.44. The molecule has 4 nitrogen and oxygen atoms in total. The Bertz CT molecular complexity index is 881. The molecule has 1 aliphatic heterocycles. The number of carbonyl (C=O) groups is 1. The highest BCUT2D eigenvalue weighted by molar-refractivity contribution is 7.20. The van der Waals surface area contributed by atoms with Crippen LogP contribution in [-0.4, -0.2) is 30.1 Å². The van der Waals surface area contributed by atoms with Crippen LogP contribution in [0.2, 0.25) is 0 Å². The number of pyridine rings is 1. The van der Waals surface area contributed by atoms with Crippen LogP contribution in [0.3, 0.4) is 0 Å². The number of fused-ring (bicyclic) bond motifs is 2. The van der Waals surface area contributed by atoms with Crippen molar-refractivity contribution >= 4 is 38.4 Å². The molecule has 1 atom stereocenters. The molecule has 1 saturated heterocycles. The third-order valence-corrected chi connectivity index (χ3v) is 5.24. The number of rotatable bonds is 3. The second kappa shape index (κ2) is 5.91. The van der Waals surface area contributed by atoms with Gasteiger partial charge in [0.1, 0.15) is 4.83 Å². The van der Waals surface area contributed by atoms with Crippen molar-refractivity contribution in [2.75, 3.05) is 13.2 Å². The molecule has 118 valence electrons. The summed E-state index contributed by atoms with van der Waals surface area (Å²) in [5, 5.41) is 5.10. The van der Waals surface area contributed by atoms with Crippen LogP contribution < -0.4 is 5.32 Å². The minimum Gasteiger partial charge on any atom is -0.376 e. The van der Waals surface area contributed by atoms with Crippen LogP contribution in [0.1, 0.15) is 28.1 Å². The zero-order valence-electron chi connectivity index (χ0n) is 13.0. The molecule has 3 heterocycles. The molecule has 1 N–H and O–H groups in total. The van der Waals surface area contributed by atoms with E-state index in [1.54, 1.807) is 0 Å². The van der Waals surface area contributed by atoms with E-state index >= 15 is 0 Å². The summed E-state index contributed by atoms with van der Waals surface area (Å²) < 4.78 is 5.54. The van der Waals surface area contributed by atoms with Gasteiger partial charge in [-0.05, 0) is 43.5 Å². The van der Waals surface area contributed by atoms with Crippen molar-refractivity contribution in [3.8, 4) is 0 Å². The maximum atomic E-state index is 12.3. The molecular weight excluding hydrogens is 308 g/mol. The van der Waals surface area contributed by atoms with Crippen molar-refractivity contribution in [1.82, 2.24) is 10.3 Å². The van der Waals surface area contributed by atoms with Crippen molar-refractivity contribution in [2.45, 2.75) is 25.9 Å². The molecule has 0 spiro atoms. The number of ether oxygens (including phenoxy) is 1. The largest absolute Gasteiger partial charge is 0.376 e. The molecule has 0 bridgehead atoms. The lowest BCUT2D eigenvalue weighted by atomic mass is 10.1. The summed E-state index contributed by atoms with van der Waals surface area (Å²) in [6.07, 6.45) is 2.27. The zero-order valence-corrected chi connectivity index (χ0v) is 13.8. The fraction of sp³-hybridized carbons (Fsp3) is 0.333. The van der Waals surface area contributed by atoms with E-state index in [-0.39, 0.29) is 12.0 Å². The molecular formula is C18H18N2O2S. The van der Waals surface area contributed by atoms with Gasteiger partial charge in [0.2, 0.25) is 0 Å². The molecule has 4 rings (SSSR count). The maximum Gasteiger partial charge on any atom is 0.261 e. The summed E-state index contributed by atoms with van der Waals surface area (Å²) in [5.41, 5.74) is 2.17. The molecule has 3 aromatic rings. The Kier molecular flexibility index (Phi) is 3.75. The first kappa shape index (κ1) is 14.6. The lowest BCUT2D eigenvalue weighted by Gasteiger charge is -2.09. The molecule has 0 unspecified atom stereocenters. The Balaban J connectivity index is 1.59. The predicted octanol–water partition coefficient (Wildman–Crippen LogP) is 3.67. The molecule has 1 amide bonds. The van der Waals surface area contributed by atoms with Crippen molar-refractivity contribution in [3.05, 3.63) is 40.8 Å². The van der Waals surface area contributed by atoms with E-state index in [0.29, 0.717) is 11.4 Å². The Morgan fingerprint density at radius 1 is 1.35 bits per heavy atom. The number of nitrogens with one attached hydrogen (secondary N) is 1. The second-order valence-corrected chi connectivity index (χ2v) is 7.07. The van der Waals surface area contributed by atoms with Gasteiger partial charge in [-0.15, -0.1) is 11.3 Å². The normalized spacial score (nSPS) is 17.9. The number of aryl methyl sites for hydroxylation is 1. The molecule has 1 fully saturated rings. The minimum atomic E-state index is -0.0382.